The lowest BCUT2D eigenvalue weighted by Gasteiger charge is -2.16. The van der Waals surface area contributed by atoms with Crippen LogP contribution in [0.5, 0.6) is 5.75 Å². The van der Waals surface area contributed by atoms with Crippen LogP contribution in [0.3, 0.4) is 0 Å². The van der Waals surface area contributed by atoms with Crippen LogP contribution in [0.15, 0.2) is 57.3 Å². The predicted molar refractivity (Wildman–Crippen MR) is 92.1 cm³/mol. The van der Waals surface area contributed by atoms with E-state index >= 15 is 0 Å². The van der Waals surface area contributed by atoms with Crippen LogP contribution in [0.1, 0.15) is 6.92 Å². The van der Waals surface area contributed by atoms with Crippen LogP contribution < -0.4 is 25.5 Å². The zero-order chi connectivity index (χ0) is 18.9. The fourth-order valence-electron chi connectivity index (χ4n) is 2.45. The molecule has 0 bridgehead atoms. The molecule has 1 aliphatic rings. The number of carbonyl (C=O) groups is 1. The number of anilines is 1. The summed E-state index contributed by atoms with van der Waals surface area (Å²) in [6.45, 7) is 1.49. The van der Waals surface area contributed by atoms with Crippen molar-refractivity contribution in [1.29, 1.82) is 0 Å². The Bertz CT molecular complexity index is 1080. The molecule has 3 rings (SSSR count). The lowest BCUT2D eigenvalue weighted by atomic mass is 10.3. The van der Waals surface area contributed by atoms with Gasteiger partial charge in [0.05, 0.1) is 10.7 Å². The quantitative estimate of drug-likeness (QED) is 0.659. The van der Waals surface area contributed by atoms with Crippen LogP contribution in [0.2, 0.25) is 0 Å². The molecule has 9 nitrogen and oxygen atoms in total. The molecule has 0 radical (unpaired) electrons. The molecule has 10 heteroatoms. The van der Waals surface area contributed by atoms with Gasteiger partial charge in [0, 0.05) is 25.7 Å². The van der Waals surface area contributed by atoms with E-state index in [1.165, 1.54) is 37.3 Å². The molecule has 2 aromatic rings. The molecule has 0 aromatic heterocycles. The monoisotopic (exact) mass is 376 g/mol. The Balaban J connectivity index is 1.89. The minimum atomic E-state index is -4.01. The van der Waals surface area contributed by atoms with Crippen molar-refractivity contribution in [3.8, 4) is 5.75 Å². The third-order valence-corrected chi connectivity index (χ3v) is 4.87. The molecule has 3 N–H and O–H groups in total. The van der Waals surface area contributed by atoms with E-state index in [1.807, 2.05) is 0 Å². The number of fused-ring (bicyclic) bond motifs is 1. The summed E-state index contributed by atoms with van der Waals surface area (Å²) >= 11 is 0. The van der Waals surface area contributed by atoms with Gasteiger partial charge in [-0.25, -0.2) is 14.8 Å². The number of benzene rings is 2. The fraction of sp³-hybridized carbons (Fsp3) is 0.188. The maximum atomic E-state index is 12.4. The molecule has 1 atom stereocenters. The molecule has 0 aliphatic carbocycles. The Kier molecular flexibility index (Phi) is 4.28. The highest BCUT2D eigenvalue weighted by Crippen LogP contribution is 2.19. The third kappa shape index (κ3) is 3.59. The van der Waals surface area contributed by atoms with Gasteiger partial charge >= 0.3 is 16.2 Å². The van der Waals surface area contributed by atoms with Crippen LogP contribution in [-0.2, 0) is 10.1 Å². The highest BCUT2D eigenvalue weighted by molar-refractivity contribution is 7.87. The third-order valence-electron chi connectivity index (χ3n) is 3.60. The summed E-state index contributed by atoms with van der Waals surface area (Å²) in [6, 6.07) is 10.5. The van der Waals surface area contributed by atoms with Crippen molar-refractivity contribution in [2.45, 2.75) is 17.6 Å². The number of amides is 1. The number of nitrogens with one attached hydrogen (secondary N) is 2. The average Bonchev–Trinajstić information content (AvgIpc) is 2.88. The summed E-state index contributed by atoms with van der Waals surface area (Å²) in [4.78, 5) is 19.2. The van der Waals surface area contributed by atoms with Gasteiger partial charge < -0.3 is 14.6 Å². The summed E-state index contributed by atoms with van der Waals surface area (Å²) in [6.07, 6.45) is -1.27. The van der Waals surface area contributed by atoms with E-state index in [0.29, 0.717) is 10.7 Å². The van der Waals surface area contributed by atoms with Crippen molar-refractivity contribution in [1.82, 2.24) is 5.32 Å². The van der Waals surface area contributed by atoms with Gasteiger partial charge in [-0.15, -0.1) is 0 Å². The number of rotatable bonds is 5. The molecule has 0 saturated heterocycles. The lowest BCUT2D eigenvalue weighted by Crippen LogP contribution is -2.41. The molecule has 1 aliphatic heterocycles. The first-order valence-electron chi connectivity index (χ1n) is 7.54. The summed E-state index contributed by atoms with van der Waals surface area (Å²) in [7, 11) is -2.29. The zero-order valence-corrected chi connectivity index (χ0v) is 14.7. The first-order chi connectivity index (χ1) is 12.2. The maximum absolute atomic E-state index is 12.4. The molecule has 1 amide bonds. The highest BCUT2D eigenvalue weighted by Gasteiger charge is 2.27. The largest absolute Gasteiger partial charge is 0.465 e. The van der Waals surface area contributed by atoms with E-state index in [1.54, 1.807) is 19.2 Å². The average molecular weight is 376 g/mol. The van der Waals surface area contributed by atoms with Crippen molar-refractivity contribution >= 4 is 21.9 Å². The molecule has 0 fully saturated rings. The standard InChI is InChI=1S/C16H16N4O5S/c1-16(20-15(21)22)18-13-8-5-11(9-14(13)19-16)25-26(23,24)12-6-3-10(17-2)4-7-12/h3-9,17,20H,1-2H3,(H,21,22). The zero-order valence-electron chi connectivity index (χ0n) is 13.9. The maximum Gasteiger partial charge on any atom is 0.408 e. The van der Waals surface area contributed by atoms with Crippen molar-refractivity contribution in [2.75, 3.05) is 12.4 Å². The molecule has 1 heterocycles. The first-order valence-corrected chi connectivity index (χ1v) is 8.95. The van der Waals surface area contributed by atoms with Crippen LogP contribution in [-0.4, -0.2) is 32.5 Å². The molecule has 0 spiro atoms. The van der Waals surface area contributed by atoms with Crippen LogP contribution >= 0.6 is 0 Å². The van der Waals surface area contributed by atoms with Crippen molar-refractivity contribution in [3.05, 3.63) is 53.2 Å². The van der Waals surface area contributed by atoms with Gasteiger partial charge in [0.1, 0.15) is 10.6 Å². The van der Waals surface area contributed by atoms with Gasteiger partial charge in [0.25, 0.3) is 0 Å². The number of hydrogen-bond donors (Lipinski definition) is 3. The lowest BCUT2D eigenvalue weighted by molar-refractivity contribution is 0.182. The molecule has 1 unspecified atom stereocenters. The second-order valence-corrected chi connectivity index (χ2v) is 7.18. The predicted octanol–water partition coefficient (Wildman–Crippen LogP) is 0.690. The molecule has 136 valence electrons. The molecule has 0 saturated carbocycles. The Morgan fingerprint density at radius 2 is 1.77 bits per heavy atom. The molecule has 2 aromatic carbocycles. The van der Waals surface area contributed by atoms with E-state index in [4.69, 9.17) is 9.29 Å². The van der Waals surface area contributed by atoms with Crippen molar-refractivity contribution in [3.63, 3.8) is 0 Å². The number of nitrogens with zero attached hydrogens (tertiary/aromatic N) is 2. The SMILES string of the molecule is CNc1ccc(S(=O)(=O)Oc2ccc3c(c2)=NC(C)(NC(=O)O)N=3)cc1. The van der Waals surface area contributed by atoms with Gasteiger partial charge in [0.15, 0.2) is 0 Å². The minimum absolute atomic E-state index is 0.0102. The fourth-order valence-corrected chi connectivity index (χ4v) is 3.38. The normalized spacial score (nSPS) is 18.2. The van der Waals surface area contributed by atoms with Crippen molar-refractivity contribution < 1.29 is 22.5 Å². The van der Waals surface area contributed by atoms with Crippen molar-refractivity contribution in [2.24, 2.45) is 9.98 Å². The van der Waals surface area contributed by atoms with Gasteiger partial charge in [0.2, 0.25) is 5.79 Å². The van der Waals surface area contributed by atoms with E-state index < -0.39 is 22.0 Å². The van der Waals surface area contributed by atoms with Crippen LogP contribution in [0, 0.1) is 0 Å². The van der Waals surface area contributed by atoms with E-state index in [2.05, 4.69) is 20.6 Å². The summed E-state index contributed by atoms with van der Waals surface area (Å²) < 4.78 is 29.9. The minimum Gasteiger partial charge on any atom is -0.465 e. The summed E-state index contributed by atoms with van der Waals surface area (Å²) in [5.41, 5.74) is 0.770. The second-order valence-electron chi connectivity index (χ2n) is 5.64. The Morgan fingerprint density at radius 1 is 1.12 bits per heavy atom. The Hall–Kier alpha value is -3.14. The molecule has 26 heavy (non-hydrogen) atoms. The topological polar surface area (TPSA) is 129 Å². The van der Waals surface area contributed by atoms with Crippen LogP contribution in [0.4, 0.5) is 10.5 Å². The summed E-state index contributed by atoms with van der Waals surface area (Å²) in [5.74, 6) is -1.30. The molecular weight excluding hydrogens is 360 g/mol. The van der Waals surface area contributed by atoms with Crippen LogP contribution in [0.25, 0.3) is 0 Å². The van der Waals surface area contributed by atoms with E-state index in [9.17, 15) is 13.2 Å². The van der Waals surface area contributed by atoms with Gasteiger partial charge in [-0.1, -0.05) is 0 Å². The Morgan fingerprint density at radius 3 is 2.38 bits per heavy atom. The van der Waals surface area contributed by atoms with E-state index in [0.717, 1.165) is 5.69 Å². The highest BCUT2D eigenvalue weighted by atomic mass is 32.2. The summed E-state index contributed by atoms with van der Waals surface area (Å²) in [5, 5.41) is 14.7. The van der Waals surface area contributed by atoms with Gasteiger partial charge in [-0.3, -0.25) is 5.32 Å². The Labute approximate surface area is 149 Å². The molecular formula is C16H16N4O5S. The van der Waals surface area contributed by atoms with Gasteiger partial charge in [-0.05, 0) is 36.4 Å². The smallest absolute Gasteiger partial charge is 0.408 e. The first kappa shape index (κ1) is 17.7. The number of carboxylic acid groups (broad SMARTS) is 1. The van der Waals surface area contributed by atoms with E-state index in [-0.39, 0.29) is 10.6 Å². The second kappa shape index (κ2) is 6.30. The number of hydrogen-bond acceptors (Lipinski definition) is 7. The van der Waals surface area contributed by atoms with Gasteiger partial charge in [-0.2, -0.15) is 8.42 Å².